The number of piperidine rings is 1. The summed E-state index contributed by atoms with van der Waals surface area (Å²) in [5.41, 5.74) is 1.78. The highest BCUT2D eigenvalue weighted by Crippen LogP contribution is 2.41. The van der Waals surface area contributed by atoms with E-state index >= 15 is 0 Å². The van der Waals surface area contributed by atoms with Crippen molar-refractivity contribution in [2.75, 3.05) is 39.4 Å². The molecular formula is C21H30N2O2. The summed E-state index contributed by atoms with van der Waals surface area (Å²) in [7, 11) is 0. The number of benzene rings is 1. The average Bonchev–Trinajstić information content (AvgIpc) is 3.09. The van der Waals surface area contributed by atoms with Gasteiger partial charge in [0, 0.05) is 26.2 Å². The number of carbonyl (C=O) groups is 1. The maximum Gasteiger partial charge on any atom is 0.228 e. The molecule has 0 aromatic heterocycles. The number of ether oxygens (including phenoxy) is 1. The van der Waals surface area contributed by atoms with Gasteiger partial charge in [-0.2, -0.15) is 0 Å². The molecule has 1 amide bonds. The highest BCUT2D eigenvalue weighted by molar-refractivity contribution is 5.79. The Morgan fingerprint density at radius 3 is 2.60 bits per heavy atom. The molecule has 136 valence electrons. The van der Waals surface area contributed by atoms with E-state index in [4.69, 9.17) is 4.74 Å². The van der Waals surface area contributed by atoms with Gasteiger partial charge in [-0.1, -0.05) is 30.3 Å². The topological polar surface area (TPSA) is 32.8 Å². The zero-order chi connectivity index (χ0) is 17.1. The molecule has 4 nitrogen and oxygen atoms in total. The van der Waals surface area contributed by atoms with Crippen LogP contribution in [-0.4, -0.2) is 55.1 Å². The van der Waals surface area contributed by atoms with E-state index in [2.05, 4.69) is 40.1 Å². The summed E-state index contributed by atoms with van der Waals surface area (Å²) >= 11 is 0. The van der Waals surface area contributed by atoms with Gasteiger partial charge in [-0.05, 0) is 56.2 Å². The van der Waals surface area contributed by atoms with E-state index in [0.29, 0.717) is 17.9 Å². The molecule has 1 aromatic carbocycles. The molecule has 4 rings (SSSR count). The molecule has 3 aliphatic heterocycles. The van der Waals surface area contributed by atoms with Gasteiger partial charge < -0.3 is 9.64 Å². The molecule has 0 bridgehead atoms. The number of hydrogen-bond acceptors (Lipinski definition) is 3. The molecule has 0 aliphatic carbocycles. The monoisotopic (exact) mass is 342 g/mol. The zero-order valence-electron chi connectivity index (χ0n) is 15.2. The molecule has 0 radical (unpaired) electrons. The van der Waals surface area contributed by atoms with E-state index in [1.807, 2.05) is 0 Å². The van der Waals surface area contributed by atoms with Crippen molar-refractivity contribution in [2.45, 2.75) is 38.6 Å². The lowest BCUT2D eigenvalue weighted by Gasteiger charge is -2.39. The largest absolute Gasteiger partial charge is 0.381 e. The lowest BCUT2D eigenvalue weighted by molar-refractivity contribution is -0.139. The first kappa shape index (κ1) is 17.0. The van der Waals surface area contributed by atoms with Gasteiger partial charge in [-0.15, -0.1) is 0 Å². The van der Waals surface area contributed by atoms with Gasteiger partial charge in [0.05, 0.1) is 12.5 Å². The highest BCUT2D eigenvalue weighted by atomic mass is 16.5. The third-order valence-electron chi connectivity index (χ3n) is 6.43. The lowest BCUT2D eigenvalue weighted by atomic mass is 9.77. The van der Waals surface area contributed by atoms with E-state index in [1.54, 1.807) is 0 Å². The first-order valence-electron chi connectivity index (χ1n) is 9.87. The van der Waals surface area contributed by atoms with Gasteiger partial charge in [-0.3, -0.25) is 9.69 Å². The van der Waals surface area contributed by atoms with Crippen molar-refractivity contribution >= 4 is 5.91 Å². The Hall–Kier alpha value is -1.39. The minimum absolute atomic E-state index is 0.113. The summed E-state index contributed by atoms with van der Waals surface area (Å²) < 4.78 is 5.52. The molecule has 1 aromatic rings. The molecule has 25 heavy (non-hydrogen) atoms. The van der Waals surface area contributed by atoms with Crippen LogP contribution in [0.25, 0.3) is 0 Å². The SMILES string of the molecule is O=C(C1CCCOC1)N1CCC2(CCN(Cc3ccccc3)CC2)C1. The standard InChI is InChI=1S/C21H30N2O2/c24-20(19-7-4-14-25-16-19)23-13-10-21(17-23)8-11-22(12-9-21)15-18-5-2-1-3-6-18/h1-3,5-6,19H,4,7-17H2. The normalized spacial score (nSPS) is 26.9. The van der Waals surface area contributed by atoms with Gasteiger partial charge in [0.1, 0.15) is 0 Å². The number of carbonyl (C=O) groups excluding carboxylic acids is 1. The Labute approximate surface area is 151 Å². The average molecular weight is 342 g/mol. The van der Waals surface area contributed by atoms with Crippen LogP contribution >= 0.6 is 0 Å². The summed E-state index contributed by atoms with van der Waals surface area (Å²) in [6, 6.07) is 10.8. The van der Waals surface area contributed by atoms with Crippen molar-refractivity contribution in [3.05, 3.63) is 35.9 Å². The maximum atomic E-state index is 12.8. The highest BCUT2D eigenvalue weighted by Gasteiger charge is 2.43. The molecule has 1 unspecified atom stereocenters. The van der Waals surface area contributed by atoms with Gasteiger partial charge >= 0.3 is 0 Å². The second-order valence-electron chi connectivity index (χ2n) is 8.19. The first-order chi connectivity index (χ1) is 12.2. The van der Waals surface area contributed by atoms with Gasteiger partial charge in [0.25, 0.3) is 0 Å². The fourth-order valence-electron chi connectivity index (χ4n) is 4.75. The Bertz CT molecular complexity index is 575. The van der Waals surface area contributed by atoms with Crippen LogP contribution in [0.3, 0.4) is 0 Å². The van der Waals surface area contributed by atoms with Crippen LogP contribution in [-0.2, 0) is 16.1 Å². The summed E-state index contributed by atoms with van der Waals surface area (Å²) in [5.74, 6) is 0.463. The first-order valence-corrected chi connectivity index (χ1v) is 9.87. The third-order valence-corrected chi connectivity index (χ3v) is 6.43. The van der Waals surface area contributed by atoms with E-state index < -0.39 is 0 Å². The predicted molar refractivity (Wildman–Crippen MR) is 98.1 cm³/mol. The Balaban J connectivity index is 1.29. The summed E-state index contributed by atoms with van der Waals surface area (Å²) in [5, 5.41) is 0. The molecular weight excluding hydrogens is 312 g/mol. The van der Waals surface area contributed by atoms with Crippen molar-refractivity contribution in [2.24, 2.45) is 11.3 Å². The predicted octanol–water partition coefficient (Wildman–Crippen LogP) is 2.93. The van der Waals surface area contributed by atoms with Gasteiger partial charge in [0.15, 0.2) is 0 Å². The number of rotatable bonds is 3. The van der Waals surface area contributed by atoms with Crippen LogP contribution in [0.2, 0.25) is 0 Å². The summed E-state index contributed by atoms with van der Waals surface area (Å²) in [4.78, 5) is 17.5. The Morgan fingerprint density at radius 2 is 1.88 bits per heavy atom. The molecule has 3 aliphatic rings. The van der Waals surface area contributed by atoms with E-state index in [-0.39, 0.29) is 5.92 Å². The molecule has 0 N–H and O–H groups in total. The number of likely N-dealkylation sites (tertiary alicyclic amines) is 2. The second kappa shape index (κ2) is 7.46. The van der Waals surface area contributed by atoms with Gasteiger partial charge in [0.2, 0.25) is 5.91 Å². The minimum Gasteiger partial charge on any atom is -0.381 e. The smallest absolute Gasteiger partial charge is 0.228 e. The molecule has 1 atom stereocenters. The second-order valence-corrected chi connectivity index (χ2v) is 8.19. The lowest BCUT2D eigenvalue weighted by Crippen LogP contribution is -2.43. The van der Waals surface area contributed by atoms with Crippen LogP contribution in [0.1, 0.15) is 37.7 Å². The zero-order valence-corrected chi connectivity index (χ0v) is 15.2. The van der Waals surface area contributed by atoms with Crippen LogP contribution in [0.15, 0.2) is 30.3 Å². The van der Waals surface area contributed by atoms with Crippen molar-refractivity contribution in [3.8, 4) is 0 Å². The molecule has 3 fully saturated rings. The van der Waals surface area contributed by atoms with E-state index in [0.717, 1.165) is 52.2 Å². The number of amides is 1. The maximum absolute atomic E-state index is 12.8. The van der Waals surface area contributed by atoms with Crippen LogP contribution in [0.4, 0.5) is 0 Å². The van der Waals surface area contributed by atoms with Crippen LogP contribution in [0, 0.1) is 11.3 Å². The van der Waals surface area contributed by atoms with Gasteiger partial charge in [-0.25, -0.2) is 0 Å². The quantitative estimate of drug-likeness (QED) is 0.847. The van der Waals surface area contributed by atoms with Crippen LogP contribution < -0.4 is 0 Å². The fourth-order valence-corrected chi connectivity index (χ4v) is 4.75. The van der Waals surface area contributed by atoms with Crippen molar-refractivity contribution in [3.63, 3.8) is 0 Å². The van der Waals surface area contributed by atoms with Crippen molar-refractivity contribution < 1.29 is 9.53 Å². The molecule has 0 saturated carbocycles. The van der Waals surface area contributed by atoms with Crippen LogP contribution in [0.5, 0.6) is 0 Å². The molecule has 3 saturated heterocycles. The molecule has 4 heteroatoms. The van der Waals surface area contributed by atoms with E-state index in [1.165, 1.54) is 24.8 Å². The molecule has 1 spiro atoms. The van der Waals surface area contributed by atoms with Crippen molar-refractivity contribution in [1.82, 2.24) is 9.80 Å². The summed E-state index contributed by atoms with van der Waals surface area (Å²) in [6.07, 6.45) is 5.68. The fraction of sp³-hybridized carbons (Fsp3) is 0.667. The summed E-state index contributed by atoms with van der Waals surface area (Å²) in [6.45, 7) is 6.75. The Kier molecular flexibility index (Phi) is 5.09. The number of hydrogen-bond donors (Lipinski definition) is 0. The number of nitrogens with zero attached hydrogens (tertiary/aromatic N) is 2. The third kappa shape index (κ3) is 3.90. The van der Waals surface area contributed by atoms with E-state index in [9.17, 15) is 4.79 Å². The Morgan fingerprint density at radius 1 is 1.12 bits per heavy atom. The molecule has 3 heterocycles. The minimum atomic E-state index is 0.113. The van der Waals surface area contributed by atoms with Crippen molar-refractivity contribution in [1.29, 1.82) is 0 Å².